The minimum Gasteiger partial charge on any atom is -0.494 e. The molecule has 182 valence electrons. The lowest BCUT2D eigenvalue weighted by atomic mass is 10.2. The van der Waals surface area contributed by atoms with Gasteiger partial charge in [-0.2, -0.15) is 5.10 Å². The minimum atomic E-state index is -0.901. The van der Waals surface area contributed by atoms with Crippen LogP contribution in [0.5, 0.6) is 17.2 Å². The summed E-state index contributed by atoms with van der Waals surface area (Å²) >= 11 is 6.02. The van der Waals surface area contributed by atoms with E-state index in [0.717, 1.165) is 5.56 Å². The second kappa shape index (κ2) is 13.0. The third-order valence-electron chi connectivity index (χ3n) is 4.56. The number of amides is 2. The van der Waals surface area contributed by atoms with Gasteiger partial charge in [0.1, 0.15) is 12.4 Å². The lowest BCUT2D eigenvalue weighted by Crippen LogP contribution is -2.32. The maximum atomic E-state index is 12.1. The Labute approximate surface area is 208 Å². The van der Waals surface area contributed by atoms with Gasteiger partial charge in [-0.3, -0.25) is 9.59 Å². The Hall–Kier alpha value is -4.04. The summed E-state index contributed by atoms with van der Waals surface area (Å²) in [6.07, 6.45) is 1.41. The molecule has 0 spiro atoms. The fraction of sp³-hybridized carbons (Fsp3) is 0.192. The summed E-state index contributed by atoms with van der Waals surface area (Å²) in [5.41, 5.74) is 4.25. The zero-order valence-corrected chi connectivity index (χ0v) is 20.2. The Balaban J connectivity index is 1.56. The van der Waals surface area contributed by atoms with Gasteiger partial charge in [0.15, 0.2) is 11.5 Å². The fourth-order valence-electron chi connectivity index (χ4n) is 2.99. The van der Waals surface area contributed by atoms with Crippen molar-refractivity contribution in [2.45, 2.75) is 20.5 Å². The number of nitrogens with zero attached hydrogens (tertiary/aromatic N) is 1. The van der Waals surface area contributed by atoms with Gasteiger partial charge in [-0.1, -0.05) is 23.7 Å². The summed E-state index contributed by atoms with van der Waals surface area (Å²) in [4.78, 5) is 24.1. The molecule has 0 atom stereocenters. The quantitative estimate of drug-likeness (QED) is 0.239. The van der Waals surface area contributed by atoms with Crippen LogP contribution in [0.1, 0.15) is 25.0 Å². The van der Waals surface area contributed by atoms with Crippen LogP contribution in [0.25, 0.3) is 0 Å². The Morgan fingerprint density at radius 3 is 2.37 bits per heavy atom. The highest BCUT2D eigenvalue weighted by Gasteiger charge is 2.13. The molecule has 0 unspecified atom stereocenters. The van der Waals surface area contributed by atoms with Crippen molar-refractivity contribution in [1.29, 1.82) is 0 Å². The average Bonchev–Trinajstić information content (AvgIpc) is 2.85. The Kier molecular flexibility index (Phi) is 9.50. The number of hydrogen-bond donors (Lipinski definition) is 2. The largest absolute Gasteiger partial charge is 0.494 e. The van der Waals surface area contributed by atoms with Gasteiger partial charge in [-0.05, 0) is 79.6 Å². The first kappa shape index (κ1) is 25.6. The minimum absolute atomic E-state index is 0.327. The van der Waals surface area contributed by atoms with Crippen molar-refractivity contribution < 1.29 is 23.8 Å². The second-order valence-corrected chi connectivity index (χ2v) is 7.60. The first-order valence-electron chi connectivity index (χ1n) is 11.0. The van der Waals surface area contributed by atoms with Crippen LogP contribution in [0.4, 0.5) is 5.69 Å². The molecule has 0 heterocycles. The van der Waals surface area contributed by atoms with Gasteiger partial charge in [0.05, 0.1) is 19.4 Å². The molecule has 3 rings (SSSR count). The molecule has 8 nitrogen and oxygen atoms in total. The monoisotopic (exact) mass is 495 g/mol. The van der Waals surface area contributed by atoms with E-state index in [1.54, 1.807) is 48.5 Å². The van der Waals surface area contributed by atoms with Crippen molar-refractivity contribution in [1.82, 2.24) is 5.43 Å². The number of hydrogen-bond acceptors (Lipinski definition) is 6. The lowest BCUT2D eigenvalue weighted by molar-refractivity contribution is -0.136. The number of hydrazone groups is 1. The molecule has 0 saturated carbocycles. The predicted octanol–water partition coefficient (Wildman–Crippen LogP) is 4.81. The topological polar surface area (TPSA) is 98.2 Å². The van der Waals surface area contributed by atoms with E-state index < -0.39 is 11.8 Å². The van der Waals surface area contributed by atoms with E-state index in [1.807, 2.05) is 32.0 Å². The van der Waals surface area contributed by atoms with E-state index in [1.165, 1.54) is 6.21 Å². The van der Waals surface area contributed by atoms with Crippen LogP contribution >= 0.6 is 11.6 Å². The zero-order chi connectivity index (χ0) is 25.0. The van der Waals surface area contributed by atoms with E-state index in [9.17, 15) is 9.59 Å². The highest BCUT2D eigenvalue weighted by atomic mass is 35.5. The molecule has 0 aromatic heterocycles. The predicted molar refractivity (Wildman–Crippen MR) is 135 cm³/mol. The maximum Gasteiger partial charge on any atom is 0.329 e. The average molecular weight is 496 g/mol. The number of carbonyl (C=O) groups excluding carboxylic acids is 2. The molecule has 0 aliphatic carbocycles. The summed E-state index contributed by atoms with van der Waals surface area (Å²) in [7, 11) is 0. The molecule has 3 aromatic carbocycles. The lowest BCUT2D eigenvalue weighted by Gasteiger charge is -2.12. The zero-order valence-electron chi connectivity index (χ0n) is 19.4. The second-order valence-electron chi connectivity index (χ2n) is 7.17. The van der Waals surface area contributed by atoms with Gasteiger partial charge >= 0.3 is 11.8 Å². The summed E-state index contributed by atoms with van der Waals surface area (Å²) in [5.74, 6) is 0.0142. The molecule has 2 N–H and O–H groups in total. The van der Waals surface area contributed by atoms with Crippen molar-refractivity contribution in [2.75, 3.05) is 18.5 Å². The number of benzene rings is 3. The van der Waals surface area contributed by atoms with Crippen LogP contribution in [-0.4, -0.2) is 31.2 Å². The van der Waals surface area contributed by atoms with Crippen LogP contribution in [0.15, 0.2) is 71.8 Å². The number of anilines is 1. The Morgan fingerprint density at radius 2 is 1.66 bits per heavy atom. The molecule has 2 amide bonds. The summed E-state index contributed by atoms with van der Waals surface area (Å²) in [5, 5.41) is 7.00. The highest BCUT2D eigenvalue weighted by Crippen LogP contribution is 2.29. The Bertz CT molecular complexity index is 1180. The number of ether oxygens (including phenoxy) is 3. The summed E-state index contributed by atoms with van der Waals surface area (Å²) < 4.78 is 16.9. The van der Waals surface area contributed by atoms with Gasteiger partial charge < -0.3 is 19.5 Å². The van der Waals surface area contributed by atoms with E-state index in [0.29, 0.717) is 53.3 Å². The normalized spacial score (nSPS) is 10.6. The van der Waals surface area contributed by atoms with E-state index in [-0.39, 0.29) is 0 Å². The molecule has 9 heteroatoms. The highest BCUT2D eigenvalue weighted by molar-refractivity contribution is 6.39. The fourth-order valence-corrected chi connectivity index (χ4v) is 3.20. The molecule has 35 heavy (non-hydrogen) atoms. The number of carbonyl (C=O) groups is 2. The van der Waals surface area contributed by atoms with Crippen LogP contribution in [0, 0.1) is 0 Å². The van der Waals surface area contributed by atoms with Crippen molar-refractivity contribution >= 4 is 35.3 Å². The molecule has 0 bridgehead atoms. The van der Waals surface area contributed by atoms with Crippen molar-refractivity contribution in [3.8, 4) is 17.2 Å². The smallest absolute Gasteiger partial charge is 0.329 e. The third-order valence-corrected chi connectivity index (χ3v) is 4.80. The maximum absolute atomic E-state index is 12.1. The van der Waals surface area contributed by atoms with E-state index >= 15 is 0 Å². The standard InChI is InChI=1S/C26H26ClN3O5/c1-3-33-22-11-9-21(10-12-22)29-25(31)26(32)30-28-16-18-8-13-23(24(15-18)34-4-2)35-17-19-6-5-7-20(27)14-19/h5-16H,3-4,17H2,1-2H3,(H,29,31)(H,30,32)/b28-16+. The van der Waals surface area contributed by atoms with Crippen molar-refractivity contribution in [3.63, 3.8) is 0 Å². The summed E-state index contributed by atoms with van der Waals surface area (Å²) in [6, 6.07) is 19.3. The number of rotatable bonds is 10. The summed E-state index contributed by atoms with van der Waals surface area (Å²) in [6.45, 7) is 5.05. The number of halogens is 1. The molecule has 3 aromatic rings. The molecule has 0 aliphatic rings. The third kappa shape index (κ3) is 8.04. The van der Waals surface area contributed by atoms with Gasteiger partial charge in [0, 0.05) is 10.7 Å². The SMILES string of the molecule is CCOc1ccc(NC(=O)C(=O)N/N=C/c2ccc(OCc3cccc(Cl)c3)c(OCC)c2)cc1. The molecule has 0 aliphatic heterocycles. The Morgan fingerprint density at radius 1 is 0.886 bits per heavy atom. The van der Waals surface area contributed by atoms with Crippen LogP contribution in [0.2, 0.25) is 5.02 Å². The molecular weight excluding hydrogens is 470 g/mol. The molecule has 0 fully saturated rings. The van der Waals surface area contributed by atoms with Crippen LogP contribution in [0.3, 0.4) is 0 Å². The van der Waals surface area contributed by atoms with E-state index in [4.69, 9.17) is 25.8 Å². The first-order chi connectivity index (χ1) is 17.0. The van der Waals surface area contributed by atoms with Crippen LogP contribution in [-0.2, 0) is 16.2 Å². The first-order valence-corrected chi connectivity index (χ1v) is 11.4. The van der Waals surface area contributed by atoms with Gasteiger partial charge in [0.25, 0.3) is 0 Å². The van der Waals surface area contributed by atoms with Gasteiger partial charge in [-0.25, -0.2) is 5.43 Å². The molecule has 0 radical (unpaired) electrons. The van der Waals surface area contributed by atoms with Gasteiger partial charge in [0.2, 0.25) is 0 Å². The van der Waals surface area contributed by atoms with Crippen molar-refractivity contribution in [3.05, 3.63) is 82.9 Å². The van der Waals surface area contributed by atoms with Crippen LogP contribution < -0.4 is 25.0 Å². The molecule has 0 saturated heterocycles. The molecular formula is C26H26ClN3O5. The van der Waals surface area contributed by atoms with Gasteiger partial charge in [-0.15, -0.1) is 0 Å². The number of nitrogens with one attached hydrogen (secondary N) is 2. The van der Waals surface area contributed by atoms with Crippen molar-refractivity contribution in [2.24, 2.45) is 5.10 Å². The van der Waals surface area contributed by atoms with E-state index in [2.05, 4.69) is 15.8 Å².